The first-order valence-electron chi connectivity index (χ1n) is 7.17. The van der Waals surface area contributed by atoms with E-state index in [9.17, 15) is 4.79 Å². The van der Waals surface area contributed by atoms with E-state index in [4.69, 9.17) is 0 Å². The first-order valence-corrected chi connectivity index (χ1v) is 7.17. The molecule has 0 aromatic carbocycles. The van der Waals surface area contributed by atoms with Crippen molar-refractivity contribution in [3.8, 4) is 0 Å². The first-order chi connectivity index (χ1) is 10.1. The number of aromatic amines is 1. The van der Waals surface area contributed by atoms with Crippen molar-refractivity contribution in [2.24, 2.45) is 0 Å². The fourth-order valence-electron chi connectivity index (χ4n) is 2.32. The summed E-state index contributed by atoms with van der Waals surface area (Å²) in [5, 5.41) is 10.1. The topological polar surface area (TPSA) is 70.7 Å². The van der Waals surface area contributed by atoms with Gasteiger partial charge in [-0.25, -0.2) is 0 Å². The van der Waals surface area contributed by atoms with E-state index in [1.807, 2.05) is 38.1 Å². The van der Waals surface area contributed by atoms with Gasteiger partial charge in [0.1, 0.15) is 0 Å². The zero-order valence-electron chi connectivity index (χ0n) is 12.3. The van der Waals surface area contributed by atoms with Gasteiger partial charge >= 0.3 is 0 Å². The molecule has 1 saturated carbocycles. The number of nitrogens with one attached hydrogen (secondary N) is 2. The largest absolute Gasteiger partial charge is 0.308 e. The number of pyridine rings is 1. The third-order valence-electron chi connectivity index (χ3n) is 4.05. The summed E-state index contributed by atoms with van der Waals surface area (Å²) < 4.78 is 0. The molecule has 0 atom stereocenters. The average molecular weight is 283 g/mol. The number of hydrogen-bond acceptors (Lipinski definition) is 3. The molecule has 0 unspecified atom stereocenters. The number of hydrogen-bond donors (Lipinski definition) is 2. The molecular formula is C16H19N4O. The summed E-state index contributed by atoms with van der Waals surface area (Å²) in [6.45, 7) is 3.72. The molecule has 5 heteroatoms. The monoisotopic (exact) mass is 283 g/mol. The van der Waals surface area contributed by atoms with Crippen molar-refractivity contribution in [1.29, 1.82) is 0 Å². The van der Waals surface area contributed by atoms with Crippen LogP contribution in [0.3, 0.4) is 0 Å². The van der Waals surface area contributed by atoms with E-state index >= 15 is 0 Å². The Kier molecular flexibility index (Phi) is 3.49. The molecule has 0 spiro atoms. The van der Waals surface area contributed by atoms with Crippen molar-refractivity contribution in [1.82, 2.24) is 15.2 Å². The summed E-state index contributed by atoms with van der Waals surface area (Å²) in [5.41, 5.74) is 1.13. The van der Waals surface area contributed by atoms with E-state index in [2.05, 4.69) is 26.9 Å². The molecule has 0 saturated heterocycles. The molecule has 1 radical (unpaired) electrons. The van der Waals surface area contributed by atoms with E-state index in [0.29, 0.717) is 11.7 Å². The van der Waals surface area contributed by atoms with Gasteiger partial charge in [0, 0.05) is 23.9 Å². The number of H-pyrrole nitrogens is 1. The first kappa shape index (κ1) is 13.8. The average Bonchev–Trinajstić information content (AvgIpc) is 2.85. The summed E-state index contributed by atoms with van der Waals surface area (Å²) >= 11 is 0. The second-order valence-corrected chi connectivity index (χ2v) is 5.96. The maximum atomic E-state index is 12.5. The summed E-state index contributed by atoms with van der Waals surface area (Å²) in [6.07, 6.45) is 6.10. The molecule has 5 nitrogen and oxygen atoms in total. The van der Waals surface area contributed by atoms with E-state index in [1.165, 1.54) is 0 Å². The van der Waals surface area contributed by atoms with E-state index in [1.54, 1.807) is 6.20 Å². The molecule has 1 amide bonds. The maximum Gasteiger partial charge on any atom is 0.237 e. The van der Waals surface area contributed by atoms with Crippen LogP contribution in [0.25, 0.3) is 0 Å². The van der Waals surface area contributed by atoms with Crippen molar-refractivity contribution in [3.63, 3.8) is 0 Å². The number of carbonyl (C=O) groups is 1. The molecule has 3 rings (SSSR count). The normalized spacial score (nSPS) is 15.5. The van der Waals surface area contributed by atoms with Crippen LogP contribution in [0.2, 0.25) is 0 Å². The third-order valence-corrected chi connectivity index (χ3v) is 4.05. The van der Waals surface area contributed by atoms with Crippen LogP contribution in [0.5, 0.6) is 0 Å². The lowest BCUT2D eigenvalue weighted by Gasteiger charge is -2.23. The lowest BCUT2D eigenvalue weighted by molar-refractivity contribution is -0.120. The van der Waals surface area contributed by atoms with Crippen LogP contribution < -0.4 is 5.32 Å². The minimum absolute atomic E-state index is 0.112. The van der Waals surface area contributed by atoms with Gasteiger partial charge in [-0.2, -0.15) is 5.10 Å². The predicted octanol–water partition coefficient (Wildman–Crippen LogP) is 2.80. The van der Waals surface area contributed by atoms with Gasteiger partial charge in [-0.15, -0.1) is 0 Å². The molecule has 2 heterocycles. The molecule has 0 aliphatic heterocycles. The summed E-state index contributed by atoms with van der Waals surface area (Å²) in [5.74, 6) is 0.984. The van der Waals surface area contributed by atoms with Gasteiger partial charge in [-0.3, -0.25) is 14.9 Å². The lowest BCUT2D eigenvalue weighted by Crippen LogP contribution is -2.35. The van der Waals surface area contributed by atoms with Crippen LogP contribution in [-0.2, 0) is 10.2 Å². The fourth-order valence-corrected chi connectivity index (χ4v) is 2.32. The van der Waals surface area contributed by atoms with Crippen LogP contribution in [0.1, 0.15) is 44.0 Å². The molecule has 2 aromatic heterocycles. The summed E-state index contributed by atoms with van der Waals surface area (Å²) in [6, 6.07) is 7.51. The Morgan fingerprint density at radius 1 is 1.38 bits per heavy atom. The third kappa shape index (κ3) is 2.68. The van der Waals surface area contributed by atoms with Crippen LogP contribution in [0.4, 0.5) is 5.82 Å². The van der Waals surface area contributed by atoms with Gasteiger partial charge in [-0.05, 0) is 45.2 Å². The number of anilines is 1. The quantitative estimate of drug-likeness (QED) is 0.906. The van der Waals surface area contributed by atoms with Crippen molar-refractivity contribution >= 4 is 11.7 Å². The standard InChI is InChI=1S/C16H19N4O/c1-16(2,13-8-3-4-9-17-13)15(21)18-14-10-12(19-20-14)11-6-5-7-11/h3-5,8-11H,6-7H2,1-2H3,(H2,18,19,20,21). The van der Waals surface area contributed by atoms with Gasteiger partial charge in [0.2, 0.25) is 5.91 Å². The highest BCUT2D eigenvalue weighted by Gasteiger charge is 2.32. The fraction of sp³-hybridized carbons (Fsp3) is 0.375. The zero-order chi connectivity index (χ0) is 14.9. The number of carbonyl (C=O) groups excluding carboxylic acids is 1. The number of aromatic nitrogens is 3. The van der Waals surface area contributed by atoms with Crippen molar-refractivity contribution < 1.29 is 4.79 Å². The Bertz CT molecular complexity index is 629. The minimum Gasteiger partial charge on any atom is -0.308 e. The van der Waals surface area contributed by atoms with Crippen LogP contribution in [0.15, 0.2) is 30.5 Å². The molecular weight excluding hydrogens is 264 g/mol. The smallest absolute Gasteiger partial charge is 0.237 e. The van der Waals surface area contributed by atoms with E-state index < -0.39 is 5.41 Å². The second kappa shape index (κ2) is 5.31. The molecule has 109 valence electrons. The van der Waals surface area contributed by atoms with Gasteiger partial charge in [-0.1, -0.05) is 6.07 Å². The molecule has 0 bridgehead atoms. The minimum atomic E-state index is -0.704. The molecule has 2 N–H and O–H groups in total. The number of nitrogens with zero attached hydrogens (tertiary/aromatic N) is 2. The van der Waals surface area contributed by atoms with E-state index in [-0.39, 0.29) is 5.91 Å². The highest BCUT2D eigenvalue weighted by molar-refractivity contribution is 5.97. The Morgan fingerprint density at radius 3 is 2.81 bits per heavy atom. The summed E-state index contributed by atoms with van der Waals surface area (Å²) in [4.78, 5) is 16.8. The van der Waals surface area contributed by atoms with Crippen LogP contribution in [0, 0.1) is 6.42 Å². The Labute approximate surface area is 124 Å². The van der Waals surface area contributed by atoms with Crippen molar-refractivity contribution in [3.05, 3.63) is 48.3 Å². The Balaban J connectivity index is 1.72. The van der Waals surface area contributed by atoms with Crippen molar-refractivity contribution in [2.45, 2.75) is 38.0 Å². The molecule has 21 heavy (non-hydrogen) atoms. The Hall–Kier alpha value is -2.17. The maximum absolute atomic E-state index is 12.5. The molecule has 1 aliphatic rings. The van der Waals surface area contributed by atoms with Gasteiger partial charge < -0.3 is 5.32 Å². The number of amides is 1. The SMILES string of the molecule is CC(C)(C(=O)Nc1cc(C2C[CH]C2)[nH]n1)c1ccccn1. The van der Waals surface area contributed by atoms with Gasteiger partial charge in [0.05, 0.1) is 11.1 Å². The van der Waals surface area contributed by atoms with Crippen molar-refractivity contribution in [2.75, 3.05) is 5.32 Å². The zero-order valence-corrected chi connectivity index (χ0v) is 12.3. The van der Waals surface area contributed by atoms with Crippen LogP contribution in [-0.4, -0.2) is 21.1 Å². The molecule has 1 fully saturated rings. The Morgan fingerprint density at radius 2 is 2.19 bits per heavy atom. The summed E-state index contributed by atoms with van der Waals surface area (Å²) in [7, 11) is 0. The van der Waals surface area contributed by atoms with Gasteiger partial charge in [0.25, 0.3) is 0 Å². The number of rotatable bonds is 4. The van der Waals surface area contributed by atoms with E-state index in [0.717, 1.165) is 24.2 Å². The molecule has 2 aromatic rings. The highest BCUT2D eigenvalue weighted by atomic mass is 16.2. The van der Waals surface area contributed by atoms with Crippen LogP contribution >= 0.6 is 0 Å². The van der Waals surface area contributed by atoms with Gasteiger partial charge in [0.15, 0.2) is 5.82 Å². The highest BCUT2D eigenvalue weighted by Crippen LogP contribution is 2.35. The lowest BCUT2D eigenvalue weighted by atomic mass is 9.83. The molecule has 1 aliphatic carbocycles. The predicted molar refractivity (Wildman–Crippen MR) is 80.8 cm³/mol. The second-order valence-electron chi connectivity index (χ2n) is 5.96.